The Morgan fingerprint density at radius 3 is 3.11 bits per heavy atom. The van der Waals surface area contributed by atoms with Gasteiger partial charge in [-0.25, -0.2) is 5.32 Å². The second-order valence-corrected chi connectivity index (χ2v) is 1.97. The van der Waals surface area contributed by atoms with Gasteiger partial charge in [-0.3, -0.25) is 4.79 Å². The summed E-state index contributed by atoms with van der Waals surface area (Å²) in [6.45, 7) is 2.54. The SMILES string of the molecule is CCOC1CCC(=O)[N]1. The molecule has 0 bridgehead atoms. The van der Waals surface area contributed by atoms with Crippen molar-refractivity contribution in [3.63, 3.8) is 0 Å². The monoisotopic (exact) mass is 128 g/mol. The second-order valence-electron chi connectivity index (χ2n) is 1.97. The maximum atomic E-state index is 10.5. The molecule has 51 valence electrons. The van der Waals surface area contributed by atoms with Crippen LogP contribution >= 0.6 is 0 Å². The number of hydrogen-bond donors (Lipinski definition) is 0. The summed E-state index contributed by atoms with van der Waals surface area (Å²) in [5.41, 5.74) is 0. The Kier molecular flexibility index (Phi) is 2.05. The van der Waals surface area contributed by atoms with Gasteiger partial charge in [0.25, 0.3) is 0 Å². The zero-order valence-corrected chi connectivity index (χ0v) is 5.46. The molecule has 1 aliphatic heterocycles. The van der Waals surface area contributed by atoms with E-state index >= 15 is 0 Å². The minimum atomic E-state index is -0.137. The molecule has 0 saturated carbocycles. The van der Waals surface area contributed by atoms with Crippen molar-refractivity contribution in [3.8, 4) is 0 Å². The van der Waals surface area contributed by atoms with E-state index < -0.39 is 0 Å². The lowest BCUT2D eigenvalue weighted by Crippen LogP contribution is -2.20. The minimum absolute atomic E-state index is 0.0200. The summed E-state index contributed by atoms with van der Waals surface area (Å²) in [6.07, 6.45) is 1.19. The molecule has 1 radical (unpaired) electrons. The molecule has 0 aromatic rings. The van der Waals surface area contributed by atoms with Crippen LogP contribution in [0.1, 0.15) is 19.8 Å². The highest BCUT2D eigenvalue weighted by Crippen LogP contribution is 2.08. The van der Waals surface area contributed by atoms with Crippen LogP contribution in [0, 0.1) is 0 Å². The van der Waals surface area contributed by atoms with Crippen LogP contribution in [-0.4, -0.2) is 18.7 Å². The van der Waals surface area contributed by atoms with E-state index in [0.29, 0.717) is 13.0 Å². The van der Waals surface area contributed by atoms with Crippen molar-refractivity contribution in [2.75, 3.05) is 6.61 Å². The van der Waals surface area contributed by atoms with E-state index in [1.807, 2.05) is 6.92 Å². The Labute approximate surface area is 54.4 Å². The standard InChI is InChI=1S/C6H10NO2/c1-2-9-6-4-3-5(8)7-6/h6H,2-4H2,1H3. The number of hydrogen-bond acceptors (Lipinski definition) is 2. The second kappa shape index (κ2) is 2.82. The first-order valence-electron chi connectivity index (χ1n) is 3.18. The maximum Gasteiger partial charge on any atom is 0.243 e. The molecular weight excluding hydrogens is 118 g/mol. The summed E-state index contributed by atoms with van der Waals surface area (Å²) in [5, 5.41) is 3.72. The topological polar surface area (TPSA) is 40.4 Å². The van der Waals surface area contributed by atoms with Gasteiger partial charge in [0, 0.05) is 19.4 Å². The van der Waals surface area contributed by atoms with Crippen molar-refractivity contribution in [1.82, 2.24) is 5.32 Å². The molecule has 0 aliphatic carbocycles. The third kappa shape index (κ3) is 1.68. The van der Waals surface area contributed by atoms with Gasteiger partial charge in [-0.05, 0) is 6.92 Å². The van der Waals surface area contributed by atoms with Crippen LogP contribution in [-0.2, 0) is 9.53 Å². The highest BCUT2D eigenvalue weighted by atomic mass is 16.5. The summed E-state index contributed by atoms with van der Waals surface area (Å²) in [6, 6.07) is 0. The van der Waals surface area contributed by atoms with Crippen LogP contribution in [0.4, 0.5) is 0 Å². The fourth-order valence-corrected chi connectivity index (χ4v) is 0.850. The van der Waals surface area contributed by atoms with Gasteiger partial charge in [-0.15, -0.1) is 0 Å². The molecule has 0 spiro atoms. The van der Waals surface area contributed by atoms with Crippen LogP contribution < -0.4 is 5.32 Å². The normalized spacial score (nSPS) is 26.3. The highest BCUT2D eigenvalue weighted by Gasteiger charge is 2.22. The lowest BCUT2D eigenvalue weighted by atomic mass is 10.3. The summed E-state index contributed by atoms with van der Waals surface area (Å²) in [4.78, 5) is 10.5. The molecule has 1 rings (SSSR count). The van der Waals surface area contributed by atoms with Gasteiger partial charge in [0.15, 0.2) is 6.23 Å². The van der Waals surface area contributed by atoms with Gasteiger partial charge in [0.05, 0.1) is 0 Å². The van der Waals surface area contributed by atoms with E-state index in [-0.39, 0.29) is 12.1 Å². The number of amides is 1. The number of nitrogens with zero attached hydrogens (tertiary/aromatic N) is 1. The first-order valence-corrected chi connectivity index (χ1v) is 3.18. The molecule has 0 aromatic heterocycles. The van der Waals surface area contributed by atoms with Gasteiger partial charge in [-0.1, -0.05) is 0 Å². The Morgan fingerprint density at radius 1 is 1.89 bits per heavy atom. The predicted molar refractivity (Wildman–Crippen MR) is 31.8 cm³/mol. The number of carbonyl (C=O) groups is 1. The van der Waals surface area contributed by atoms with Crippen molar-refractivity contribution >= 4 is 5.91 Å². The molecule has 3 heteroatoms. The van der Waals surface area contributed by atoms with Crippen LogP contribution in [0.15, 0.2) is 0 Å². The first kappa shape index (κ1) is 6.55. The van der Waals surface area contributed by atoms with E-state index in [0.717, 1.165) is 6.42 Å². The van der Waals surface area contributed by atoms with Gasteiger partial charge < -0.3 is 4.74 Å². The summed E-state index contributed by atoms with van der Waals surface area (Å²) in [7, 11) is 0. The highest BCUT2D eigenvalue weighted by molar-refractivity contribution is 5.77. The lowest BCUT2D eigenvalue weighted by molar-refractivity contribution is -0.121. The molecule has 1 fully saturated rings. The third-order valence-electron chi connectivity index (χ3n) is 1.25. The summed E-state index contributed by atoms with van der Waals surface area (Å²) in [5.74, 6) is -0.0200. The van der Waals surface area contributed by atoms with Crippen LogP contribution in [0.5, 0.6) is 0 Å². The molecule has 3 nitrogen and oxygen atoms in total. The van der Waals surface area contributed by atoms with Crippen molar-refractivity contribution in [1.29, 1.82) is 0 Å². The first-order chi connectivity index (χ1) is 4.33. The largest absolute Gasteiger partial charge is 0.357 e. The number of rotatable bonds is 2. The average Bonchev–Trinajstić information content (AvgIpc) is 2.17. The predicted octanol–water partition coefficient (Wildman–Crippen LogP) is 0.274. The van der Waals surface area contributed by atoms with Gasteiger partial charge in [0.1, 0.15) is 0 Å². The van der Waals surface area contributed by atoms with E-state index in [4.69, 9.17) is 4.74 Å². The third-order valence-corrected chi connectivity index (χ3v) is 1.25. The fourth-order valence-electron chi connectivity index (χ4n) is 0.850. The van der Waals surface area contributed by atoms with Crippen molar-refractivity contribution < 1.29 is 9.53 Å². The molecule has 1 amide bonds. The van der Waals surface area contributed by atoms with Crippen LogP contribution in [0.3, 0.4) is 0 Å². The Morgan fingerprint density at radius 2 is 2.67 bits per heavy atom. The Bertz CT molecular complexity index is 114. The van der Waals surface area contributed by atoms with Gasteiger partial charge in [-0.2, -0.15) is 0 Å². The molecule has 1 aliphatic rings. The molecule has 9 heavy (non-hydrogen) atoms. The van der Waals surface area contributed by atoms with Crippen LogP contribution in [0.2, 0.25) is 0 Å². The summed E-state index contributed by atoms with van der Waals surface area (Å²) < 4.78 is 5.09. The lowest BCUT2D eigenvalue weighted by Gasteiger charge is -2.04. The summed E-state index contributed by atoms with van der Waals surface area (Å²) >= 11 is 0. The van der Waals surface area contributed by atoms with Gasteiger partial charge >= 0.3 is 0 Å². The fraction of sp³-hybridized carbons (Fsp3) is 0.833. The molecular formula is C6H10NO2. The van der Waals surface area contributed by atoms with E-state index in [1.165, 1.54) is 0 Å². The molecule has 0 N–H and O–H groups in total. The smallest absolute Gasteiger partial charge is 0.243 e. The molecule has 0 aromatic carbocycles. The Balaban J connectivity index is 2.22. The molecule has 1 atom stereocenters. The minimum Gasteiger partial charge on any atom is -0.357 e. The number of ether oxygens (including phenoxy) is 1. The van der Waals surface area contributed by atoms with Crippen molar-refractivity contribution in [3.05, 3.63) is 0 Å². The molecule has 1 saturated heterocycles. The maximum absolute atomic E-state index is 10.5. The van der Waals surface area contributed by atoms with Crippen molar-refractivity contribution in [2.45, 2.75) is 26.0 Å². The zero-order valence-electron chi connectivity index (χ0n) is 5.46. The van der Waals surface area contributed by atoms with E-state index in [9.17, 15) is 4.79 Å². The molecule has 1 unspecified atom stereocenters. The number of carbonyl (C=O) groups excluding carboxylic acids is 1. The van der Waals surface area contributed by atoms with Crippen molar-refractivity contribution in [2.24, 2.45) is 0 Å². The Hall–Kier alpha value is -0.570. The van der Waals surface area contributed by atoms with E-state index in [2.05, 4.69) is 5.32 Å². The quantitative estimate of drug-likeness (QED) is 0.535. The molecule has 1 heterocycles. The van der Waals surface area contributed by atoms with Crippen LogP contribution in [0.25, 0.3) is 0 Å². The van der Waals surface area contributed by atoms with Gasteiger partial charge in [0.2, 0.25) is 5.91 Å². The van der Waals surface area contributed by atoms with E-state index in [1.54, 1.807) is 0 Å². The zero-order chi connectivity index (χ0) is 6.69. The average molecular weight is 128 g/mol.